The van der Waals surface area contributed by atoms with Crippen molar-refractivity contribution in [3.05, 3.63) is 16.1 Å². The third-order valence-corrected chi connectivity index (χ3v) is 4.85. The van der Waals surface area contributed by atoms with Gasteiger partial charge in [0.25, 0.3) is 0 Å². The van der Waals surface area contributed by atoms with Crippen molar-refractivity contribution in [2.75, 3.05) is 45.9 Å². The maximum Gasteiger partial charge on any atom is 0.242 e. The van der Waals surface area contributed by atoms with Crippen LogP contribution in [0.4, 0.5) is 0 Å². The molecule has 3 heterocycles. The van der Waals surface area contributed by atoms with Gasteiger partial charge in [-0.05, 0) is 6.92 Å². The number of hydrogen-bond acceptors (Lipinski definition) is 6. The quantitative estimate of drug-likeness (QED) is 0.857. The summed E-state index contributed by atoms with van der Waals surface area (Å²) in [5.74, 6) is 0.183. The molecule has 2 saturated heterocycles. The fourth-order valence-electron chi connectivity index (χ4n) is 2.77. The molecule has 116 valence electrons. The molecule has 7 heteroatoms. The Balaban J connectivity index is 1.47. The number of aromatic nitrogens is 1. The number of aryl methyl sites for hydroxylation is 1. The third-order valence-electron chi connectivity index (χ3n) is 3.95. The number of morpholine rings is 1. The van der Waals surface area contributed by atoms with Gasteiger partial charge in [0, 0.05) is 50.3 Å². The van der Waals surface area contributed by atoms with E-state index in [1.54, 1.807) is 11.3 Å². The van der Waals surface area contributed by atoms with Crippen LogP contribution in [0.1, 0.15) is 9.88 Å². The fraction of sp³-hybridized carbons (Fsp3) is 0.714. The molecule has 0 spiro atoms. The summed E-state index contributed by atoms with van der Waals surface area (Å²) >= 11 is 1.75. The predicted molar refractivity (Wildman–Crippen MR) is 81.3 cm³/mol. The molecule has 0 aliphatic carbocycles. The van der Waals surface area contributed by atoms with E-state index in [0.717, 1.165) is 44.3 Å². The minimum atomic E-state index is -0.158. The summed E-state index contributed by atoms with van der Waals surface area (Å²) in [7, 11) is 0. The number of carbonyl (C=O) groups excluding carboxylic acids is 1. The molecule has 2 aliphatic rings. The van der Waals surface area contributed by atoms with Gasteiger partial charge in [-0.15, -0.1) is 11.3 Å². The standard InChI is InChI=1S/C14H22N4O2S/c1-11-16-8-12(21-11)9-17-3-5-18(6-4-17)14(19)13-10-20-7-2-15-13/h8,13,15H,2-7,9-10H2,1H3. The summed E-state index contributed by atoms with van der Waals surface area (Å²) in [6, 6.07) is -0.158. The largest absolute Gasteiger partial charge is 0.378 e. The van der Waals surface area contributed by atoms with E-state index in [1.165, 1.54) is 4.88 Å². The van der Waals surface area contributed by atoms with Crippen molar-refractivity contribution >= 4 is 17.2 Å². The highest BCUT2D eigenvalue weighted by Crippen LogP contribution is 2.15. The molecular weight excluding hydrogens is 288 g/mol. The first kappa shape index (κ1) is 14.9. The van der Waals surface area contributed by atoms with Crippen LogP contribution in [-0.2, 0) is 16.1 Å². The molecule has 0 aromatic carbocycles. The highest BCUT2D eigenvalue weighted by atomic mass is 32.1. The van der Waals surface area contributed by atoms with Crippen LogP contribution in [0.5, 0.6) is 0 Å². The highest BCUT2D eigenvalue weighted by molar-refractivity contribution is 7.11. The summed E-state index contributed by atoms with van der Waals surface area (Å²) in [4.78, 5) is 22.3. The average molecular weight is 310 g/mol. The summed E-state index contributed by atoms with van der Waals surface area (Å²) in [5, 5.41) is 4.35. The Morgan fingerprint density at radius 1 is 1.48 bits per heavy atom. The van der Waals surface area contributed by atoms with Gasteiger partial charge in [0.15, 0.2) is 0 Å². The molecule has 1 atom stereocenters. The molecular formula is C14H22N4O2S. The smallest absolute Gasteiger partial charge is 0.242 e. The number of nitrogens with one attached hydrogen (secondary N) is 1. The van der Waals surface area contributed by atoms with Gasteiger partial charge in [-0.1, -0.05) is 0 Å². The van der Waals surface area contributed by atoms with E-state index < -0.39 is 0 Å². The molecule has 0 bridgehead atoms. The van der Waals surface area contributed by atoms with Gasteiger partial charge in [0.2, 0.25) is 5.91 Å². The monoisotopic (exact) mass is 310 g/mol. The molecule has 1 N–H and O–H groups in total. The van der Waals surface area contributed by atoms with E-state index in [-0.39, 0.29) is 11.9 Å². The van der Waals surface area contributed by atoms with E-state index in [2.05, 4.69) is 15.2 Å². The van der Waals surface area contributed by atoms with Gasteiger partial charge in [-0.3, -0.25) is 9.69 Å². The zero-order valence-electron chi connectivity index (χ0n) is 12.4. The molecule has 1 aromatic rings. The number of hydrogen-bond donors (Lipinski definition) is 1. The lowest BCUT2D eigenvalue weighted by atomic mass is 10.2. The second-order valence-corrected chi connectivity index (χ2v) is 6.85. The Morgan fingerprint density at radius 2 is 2.29 bits per heavy atom. The average Bonchev–Trinajstić information content (AvgIpc) is 2.93. The lowest BCUT2D eigenvalue weighted by Gasteiger charge is -2.37. The predicted octanol–water partition coefficient (Wildman–Crippen LogP) is 0.0841. The SMILES string of the molecule is Cc1ncc(CN2CCN(C(=O)C3COCCN3)CC2)s1. The number of ether oxygens (including phenoxy) is 1. The first-order chi connectivity index (χ1) is 10.2. The molecule has 2 aliphatic heterocycles. The van der Waals surface area contributed by atoms with Crippen LogP contribution in [-0.4, -0.2) is 72.7 Å². The lowest BCUT2D eigenvalue weighted by molar-refractivity contribution is -0.138. The number of piperazine rings is 1. The van der Waals surface area contributed by atoms with Crippen LogP contribution in [0.3, 0.4) is 0 Å². The number of nitrogens with zero attached hydrogens (tertiary/aromatic N) is 3. The van der Waals surface area contributed by atoms with E-state index in [0.29, 0.717) is 13.2 Å². The Hall–Kier alpha value is -1.02. The normalized spacial score (nSPS) is 24.2. The topological polar surface area (TPSA) is 57.7 Å². The van der Waals surface area contributed by atoms with Crippen molar-refractivity contribution < 1.29 is 9.53 Å². The van der Waals surface area contributed by atoms with E-state index in [9.17, 15) is 4.79 Å². The van der Waals surface area contributed by atoms with Crippen molar-refractivity contribution in [3.63, 3.8) is 0 Å². The van der Waals surface area contributed by atoms with Gasteiger partial charge >= 0.3 is 0 Å². The molecule has 1 aromatic heterocycles. The molecule has 2 fully saturated rings. The zero-order valence-corrected chi connectivity index (χ0v) is 13.2. The Labute approximate surface area is 129 Å². The number of carbonyl (C=O) groups is 1. The van der Waals surface area contributed by atoms with Crippen molar-refractivity contribution in [3.8, 4) is 0 Å². The fourth-order valence-corrected chi connectivity index (χ4v) is 3.61. The minimum Gasteiger partial charge on any atom is -0.378 e. The molecule has 3 rings (SSSR count). The molecule has 0 saturated carbocycles. The second-order valence-electron chi connectivity index (χ2n) is 5.53. The number of rotatable bonds is 3. The van der Waals surface area contributed by atoms with E-state index >= 15 is 0 Å². The lowest BCUT2D eigenvalue weighted by Crippen LogP contribution is -2.56. The van der Waals surface area contributed by atoms with Crippen LogP contribution >= 0.6 is 11.3 Å². The summed E-state index contributed by atoms with van der Waals surface area (Å²) in [5.41, 5.74) is 0. The van der Waals surface area contributed by atoms with Crippen molar-refractivity contribution in [2.45, 2.75) is 19.5 Å². The third kappa shape index (κ3) is 3.79. The van der Waals surface area contributed by atoms with Crippen molar-refractivity contribution in [2.24, 2.45) is 0 Å². The summed E-state index contributed by atoms with van der Waals surface area (Å²) < 4.78 is 5.37. The minimum absolute atomic E-state index is 0.158. The molecule has 21 heavy (non-hydrogen) atoms. The maximum absolute atomic E-state index is 12.4. The van der Waals surface area contributed by atoms with Gasteiger partial charge in [0.05, 0.1) is 18.2 Å². The molecule has 0 radical (unpaired) electrons. The van der Waals surface area contributed by atoms with Crippen LogP contribution in [0, 0.1) is 6.92 Å². The Bertz CT molecular complexity index is 479. The first-order valence-electron chi connectivity index (χ1n) is 7.46. The summed E-state index contributed by atoms with van der Waals surface area (Å²) in [6.07, 6.45) is 1.96. The molecule has 1 unspecified atom stereocenters. The van der Waals surface area contributed by atoms with Crippen molar-refractivity contribution in [1.29, 1.82) is 0 Å². The summed E-state index contributed by atoms with van der Waals surface area (Å²) in [6.45, 7) is 8.39. The van der Waals surface area contributed by atoms with Crippen LogP contribution < -0.4 is 5.32 Å². The zero-order chi connectivity index (χ0) is 14.7. The van der Waals surface area contributed by atoms with Gasteiger partial charge < -0.3 is 15.0 Å². The van der Waals surface area contributed by atoms with Crippen LogP contribution in [0.2, 0.25) is 0 Å². The number of amides is 1. The van der Waals surface area contributed by atoms with Crippen molar-refractivity contribution in [1.82, 2.24) is 20.1 Å². The van der Waals surface area contributed by atoms with Crippen LogP contribution in [0.25, 0.3) is 0 Å². The van der Waals surface area contributed by atoms with Gasteiger partial charge in [-0.2, -0.15) is 0 Å². The van der Waals surface area contributed by atoms with E-state index in [4.69, 9.17) is 4.74 Å². The van der Waals surface area contributed by atoms with E-state index in [1.807, 2.05) is 18.0 Å². The molecule has 1 amide bonds. The highest BCUT2D eigenvalue weighted by Gasteiger charge is 2.28. The Kier molecular flexibility index (Phi) is 4.84. The van der Waals surface area contributed by atoms with Gasteiger partial charge in [-0.25, -0.2) is 4.98 Å². The maximum atomic E-state index is 12.4. The first-order valence-corrected chi connectivity index (χ1v) is 8.27. The number of thiazole rings is 1. The second kappa shape index (κ2) is 6.83. The van der Waals surface area contributed by atoms with Gasteiger partial charge in [0.1, 0.15) is 6.04 Å². The Morgan fingerprint density at radius 3 is 2.90 bits per heavy atom. The van der Waals surface area contributed by atoms with Crippen LogP contribution in [0.15, 0.2) is 6.20 Å². The molecule has 6 nitrogen and oxygen atoms in total.